The maximum atomic E-state index is 14.0. The summed E-state index contributed by atoms with van der Waals surface area (Å²) in [5.74, 6) is 0.134. The molecule has 0 bridgehead atoms. The van der Waals surface area contributed by atoms with Gasteiger partial charge in [-0.1, -0.05) is 61.8 Å². The number of fused-ring (bicyclic) bond motifs is 4. The second-order valence-electron chi connectivity index (χ2n) is 11.5. The van der Waals surface area contributed by atoms with Crippen LogP contribution in [0.2, 0.25) is 39.3 Å². The summed E-state index contributed by atoms with van der Waals surface area (Å²) in [6.45, 7) is 14.1. The zero-order valence-corrected chi connectivity index (χ0v) is 24.3. The first-order valence-corrected chi connectivity index (χ1v) is 19.1. The van der Waals surface area contributed by atoms with E-state index in [0.29, 0.717) is 29.2 Å². The van der Waals surface area contributed by atoms with Crippen molar-refractivity contribution in [2.45, 2.75) is 45.7 Å². The molecular weight excluding hydrogens is 476 g/mol. The molecule has 0 radical (unpaired) electrons. The summed E-state index contributed by atoms with van der Waals surface area (Å²) in [7, 11) is 1.19. The van der Waals surface area contributed by atoms with Crippen LogP contribution in [0.25, 0.3) is 11.1 Å². The summed E-state index contributed by atoms with van der Waals surface area (Å²) < 4.78 is 22.7. The van der Waals surface area contributed by atoms with Gasteiger partial charge in [0, 0.05) is 11.1 Å². The summed E-state index contributed by atoms with van der Waals surface area (Å²) in [6, 6.07) is 6.28. The molecule has 0 aromatic heterocycles. The van der Waals surface area contributed by atoms with Gasteiger partial charge >= 0.3 is 5.97 Å². The minimum atomic E-state index is -1.79. The Morgan fingerprint density at radius 1 is 0.771 bits per heavy atom. The molecule has 1 aliphatic carbocycles. The van der Waals surface area contributed by atoms with E-state index >= 15 is 0 Å². The highest BCUT2D eigenvalue weighted by molar-refractivity contribution is 6.98. The molecule has 6 nitrogen and oxygen atoms in total. The second kappa shape index (κ2) is 8.82. The average Bonchev–Trinajstić information content (AvgIpc) is 3.14. The molecule has 1 saturated heterocycles. The third kappa shape index (κ3) is 4.20. The lowest BCUT2D eigenvalue weighted by atomic mass is 9.77. The van der Waals surface area contributed by atoms with Gasteiger partial charge in [0.2, 0.25) is 5.75 Å². The van der Waals surface area contributed by atoms with E-state index in [0.717, 1.165) is 16.7 Å². The van der Waals surface area contributed by atoms with Crippen molar-refractivity contribution >= 4 is 38.3 Å². The fourth-order valence-corrected chi connectivity index (χ4v) is 10.6. The first kappa shape index (κ1) is 25.5. The molecule has 1 heterocycles. The maximum Gasteiger partial charge on any atom is 0.310 e. The van der Waals surface area contributed by atoms with Gasteiger partial charge in [-0.2, -0.15) is 0 Å². The predicted octanol–water partition coefficient (Wildman–Crippen LogP) is 4.00. The van der Waals surface area contributed by atoms with E-state index in [9.17, 15) is 9.59 Å². The highest BCUT2D eigenvalue weighted by Gasteiger charge is 2.45. The highest BCUT2D eigenvalue weighted by atomic mass is 28.3. The monoisotopic (exact) mass is 512 g/mol. The number of rotatable bonds is 5. The van der Waals surface area contributed by atoms with Crippen molar-refractivity contribution in [3.63, 3.8) is 0 Å². The highest BCUT2D eigenvalue weighted by Crippen LogP contribution is 2.50. The quantitative estimate of drug-likeness (QED) is 0.446. The smallest absolute Gasteiger partial charge is 0.310 e. The number of ether oxygens (including phenoxy) is 4. The minimum absolute atomic E-state index is 0.0278. The number of hydrogen-bond donors (Lipinski definition) is 0. The molecule has 0 unspecified atom stereocenters. The van der Waals surface area contributed by atoms with Crippen molar-refractivity contribution in [1.82, 2.24) is 0 Å². The first-order valence-electron chi connectivity index (χ1n) is 12.1. The lowest BCUT2D eigenvalue weighted by molar-refractivity contribution is -0.141. The van der Waals surface area contributed by atoms with Gasteiger partial charge in [-0.3, -0.25) is 9.59 Å². The Labute approximate surface area is 209 Å². The van der Waals surface area contributed by atoms with Crippen molar-refractivity contribution in [3.05, 3.63) is 29.3 Å². The number of benzene rings is 2. The number of ketones is 1. The summed E-state index contributed by atoms with van der Waals surface area (Å²) in [5.41, 5.74) is 3.18. The predicted molar refractivity (Wildman–Crippen MR) is 143 cm³/mol. The number of esters is 1. The van der Waals surface area contributed by atoms with Gasteiger partial charge in [-0.25, -0.2) is 0 Å². The largest absolute Gasteiger partial charge is 0.493 e. The van der Waals surface area contributed by atoms with Gasteiger partial charge in [-0.05, 0) is 23.6 Å². The minimum Gasteiger partial charge on any atom is -0.493 e. The van der Waals surface area contributed by atoms with Crippen LogP contribution in [0.1, 0.15) is 15.9 Å². The topological polar surface area (TPSA) is 71.1 Å². The molecule has 2 aromatic rings. The standard InChI is InChI=1S/C27H36O6Si2/c1-30-20-11-15-10-18-19(14-33-27(18)29)24(28)17-13-22(35(7,8)9)21(34(4,5)6)12-16(17)23(15)26(32-3)25(20)31-2/h11-13,18-19H,10,14H2,1-9H3/t18-,19+/m1/s1. The zero-order chi connectivity index (χ0) is 25.9. The fourth-order valence-electron chi connectivity index (χ4n) is 5.39. The van der Waals surface area contributed by atoms with E-state index in [1.54, 1.807) is 21.3 Å². The molecule has 0 amide bonds. The molecule has 0 N–H and O–H groups in total. The van der Waals surface area contributed by atoms with Crippen LogP contribution < -0.4 is 24.6 Å². The number of carbonyl (C=O) groups is 2. The molecule has 0 saturated carbocycles. The van der Waals surface area contributed by atoms with Crippen LogP contribution in [-0.4, -0.2) is 55.8 Å². The van der Waals surface area contributed by atoms with E-state index < -0.39 is 28.0 Å². The fraction of sp³-hybridized carbons (Fsp3) is 0.481. The van der Waals surface area contributed by atoms with Crippen LogP contribution >= 0.6 is 0 Å². The number of methoxy groups -OCH3 is 3. The molecule has 188 valence electrons. The van der Waals surface area contributed by atoms with E-state index in [4.69, 9.17) is 18.9 Å². The SMILES string of the molecule is COc1cc2c(c(OC)c1OC)-c1cc([Si](C)(C)C)c([Si](C)(C)C)cc1C(=O)[C@H]1COC(=O)[C@@H]1C2. The van der Waals surface area contributed by atoms with E-state index in [-0.39, 0.29) is 18.4 Å². The van der Waals surface area contributed by atoms with Crippen molar-refractivity contribution in [2.75, 3.05) is 27.9 Å². The molecule has 1 aliphatic heterocycles. The molecule has 4 rings (SSSR count). The summed E-state index contributed by atoms with van der Waals surface area (Å²) >= 11 is 0. The normalized spacial score (nSPS) is 19.7. The Balaban J connectivity index is 2.18. The molecule has 2 atom stereocenters. The van der Waals surface area contributed by atoms with E-state index in [1.807, 2.05) is 6.07 Å². The Morgan fingerprint density at radius 3 is 1.86 bits per heavy atom. The van der Waals surface area contributed by atoms with Gasteiger partial charge < -0.3 is 18.9 Å². The Hall–Kier alpha value is -2.59. The molecule has 8 heteroatoms. The Bertz CT molecular complexity index is 1210. The van der Waals surface area contributed by atoms with Gasteiger partial charge in [0.25, 0.3) is 0 Å². The molecule has 2 aromatic carbocycles. The van der Waals surface area contributed by atoms with Crippen LogP contribution in [0.15, 0.2) is 18.2 Å². The van der Waals surface area contributed by atoms with Crippen LogP contribution in [0, 0.1) is 11.8 Å². The molecule has 1 fully saturated rings. The first-order chi connectivity index (χ1) is 16.3. The van der Waals surface area contributed by atoms with Crippen LogP contribution in [0.3, 0.4) is 0 Å². The molecular formula is C27H36O6Si2. The molecule has 2 aliphatic rings. The molecule has 0 spiro atoms. The van der Waals surface area contributed by atoms with Gasteiger partial charge in [0.1, 0.15) is 6.61 Å². The number of Topliss-reactive ketones (excluding diaryl/α,β-unsaturated/α-hetero) is 1. The number of carbonyl (C=O) groups excluding carboxylic acids is 2. The third-order valence-corrected chi connectivity index (χ3v) is 11.5. The van der Waals surface area contributed by atoms with E-state index in [2.05, 4.69) is 51.4 Å². The van der Waals surface area contributed by atoms with Crippen LogP contribution in [-0.2, 0) is 16.0 Å². The Kier molecular flexibility index (Phi) is 6.42. The van der Waals surface area contributed by atoms with Gasteiger partial charge in [0.05, 0.1) is 49.3 Å². The van der Waals surface area contributed by atoms with Crippen LogP contribution in [0.5, 0.6) is 17.2 Å². The van der Waals surface area contributed by atoms with Crippen molar-refractivity contribution < 1.29 is 28.5 Å². The second-order valence-corrected chi connectivity index (χ2v) is 21.6. The van der Waals surface area contributed by atoms with Gasteiger partial charge in [-0.15, -0.1) is 0 Å². The summed E-state index contributed by atoms with van der Waals surface area (Å²) in [5, 5.41) is 2.68. The third-order valence-electron chi connectivity index (χ3n) is 7.19. The van der Waals surface area contributed by atoms with E-state index in [1.165, 1.54) is 10.4 Å². The zero-order valence-electron chi connectivity index (χ0n) is 22.3. The lowest BCUT2D eigenvalue weighted by Gasteiger charge is -2.32. The van der Waals surface area contributed by atoms with Crippen molar-refractivity contribution in [1.29, 1.82) is 0 Å². The Morgan fingerprint density at radius 2 is 1.34 bits per heavy atom. The number of hydrogen-bond acceptors (Lipinski definition) is 6. The lowest BCUT2D eigenvalue weighted by Crippen LogP contribution is -2.56. The summed E-state index contributed by atoms with van der Waals surface area (Å²) in [6.07, 6.45) is 0.374. The maximum absolute atomic E-state index is 14.0. The van der Waals surface area contributed by atoms with Crippen molar-refractivity contribution in [3.8, 4) is 28.4 Å². The van der Waals surface area contributed by atoms with Gasteiger partial charge in [0.15, 0.2) is 17.3 Å². The molecule has 35 heavy (non-hydrogen) atoms. The van der Waals surface area contributed by atoms with Crippen LogP contribution in [0.4, 0.5) is 0 Å². The van der Waals surface area contributed by atoms with Crippen molar-refractivity contribution in [2.24, 2.45) is 11.8 Å². The summed E-state index contributed by atoms with van der Waals surface area (Å²) in [4.78, 5) is 26.8. The average molecular weight is 513 g/mol. The number of cyclic esters (lactones) is 1.